The fraction of sp³-hybridized carbons (Fsp3) is 0.238. The molecule has 0 saturated carbocycles. The number of aromatic nitrogens is 3. The molecule has 2 amide bonds. The molecule has 1 aliphatic rings. The highest BCUT2D eigenvalue weighted by atomic mass is 19.4. The molecule has 0 fully saturated rings. The van der Waals surface area contributed by atoms with Crippen molar-refractivity contribution in [3.05, 3.63) is 60.6 Å². The van der Waals surface area contributed by atoms with E-state index in [9.17, 15) is 18.0 Å². The molecule has 31 heavy (non-hydrogen) atoms. The third-order valence-corrected chi connectivity index (χ3v) is 4.78. The monoisotopic (exact) mass is 428 g/mol. The van der Waals surface area contributed by atoms with E-state index in [1.165, 1.54) is 29.6 Å². The van der Waals surface area contributed by atoms with E-state index >= 15 is 0 Å². The average molecular weight is 428 g/mol. The Balaban J connectivity index is 1.71. The van der Waals surface area contributed by atoms with Crippen LogP contribution in [-0.2, 0) is 6.18 Å². The Hall–Kier alpha value is -3.69. The lowest BCUT2D eigenvalue weighted by Crippen LogP contribution is -2.38. The van der Waals surface area contributed by atoms with Crippen LogP contribution in [0.2, 0.25) is 0 Å². The van der Waals surface area contributed by atoms with Gasteiger partial charge in [0.1, 0.15) is 0 Å². The van der Waals surface area contributed by atoms with Crippen molar-refractivity contribution in [3.63, 3.8) is 0 Å². The number of alkyl halides is 3. The Kier molecular flexibility index (Phi) is 5.70. The Morgan fingerprint density at radius 1 is 1.13 bits per heavy atom. The molecule has 0 saturated heterocycles. The first-order valence-electron chi connectivity index (χ1n) is 9.69. The number of halogens is 3. The first-order chi connectivity index (χ1) is 14.9. The highest BCUT2D eigenvalue weighted by molar-refractivity contribution is 6.02. The normalized spacial score (nSPS) is 14.1. The molecular weight excluding hydrogens is 409 g/mol. The van der Waals surface area contributed by atoms with Crippen LogP contribution in [0.5, 0.6) is 0 Å². The van der Waals surface area contributed by atoms with Gasteiger partial charge in [-0.3, -0.25) is 15.2 Å². The molecule has 0 atom stereocenters. The number of urea groups is 1. The Labute approximate surface area is 176 Å². The van der Waals surface area contributed by atoms with Gasteiger partial charge in [0.2, 0.25) is 0 Å². The summed E-state index contributed by atoms with van der Waals surface area (Å²) in [6.45, 7) is 1.11. The topological polar surface area (TPSA) is 83.0 Å². The van der Waals surface area contributed by atoms with Crippen molar-refractivity contribution < 1.29 is 18.0 Å². The highest BCUT2D eigenvalue weighted by Crippen LogP contribution is 2.34. The van der Waals surface area contributed by atoms with E-state index in [4.69, 9.17) is 0 Å². The number of hydrogen-bond acceptors (Lipinski definition) is 5. The summed E-state index contributed by atoms with van der Waals surface area (Å²) in [5.41, 5.74) is 0.525. The Morgan fingerprint density at radius 3 is 2.77 bits per heavy atom. The summed E-state index contributed by atoms with van der Waals surface area (Å²) in [7, 11) is 0. The molecule has 2 N–H and O–H groups in total. The molecule has 3 heterocycles. The average Bonchev–Trinajstić information content (AvgIpc) is 2.74. The summed E-state index contributed by atoms with van der Waals surface area (Å²) in [6.07, 6.45) is 1.51. The van der Waals surface area contributed by atoms with Crippen molar-refractivity contribution in [2.45, 2.75) is 19.0 Å². The summed E-state index contributed by atoms with van der Waals surface area (Å²) in [5, 5.41) is 5.92. The maximum atomic E-state index is 13.1. The fourth-order valence-electron chi connectivity index (χ4n) is 3.27. The van der Waals surface area contributed by atoms with Crippen LogP contribution >= 0.6 is 0 Å². The van der Waals surface area contributed by atoms with E-state index in [0.29, 0.717) is 35.9 Å². The van der Waals surface area contributed by atoms with Crippen LogP contribution < -0.4 is 15.5 Å². The lowest BCUT2D eigenvalue weighted by molar-refractivity contribution is -0.137. The van der Waals surface area contributed by atoms with Gasteiger partial charge in [0.25, 0.3) is 0 Å². The van der Waals surface area contributed by atoms with Crippen molar-refractivity contribution in [1.82, 2.24) is 15.0 Å². The third kappa shape index (κ3) is 4.73. The summed E-state index contributed by atoms with van der Waals surface area (Å²) in [4.78, 5) is 26.9. The number of pyridine rings is 1. The second kappa shape index (κ2) is 8.58. The largest absolute Gasteiger partial charge is 0.416 e. The molecule has 0 spiro atoms. The van der Waals surface area contributed by atoms with E-state index in [-0.39, 0.29) is 5.82 Å². The molecule has 3 aromatic rings. The maximum absolute atomic E-state index is 13.1. The summed E-state index contributed by atoms with van der Waals surface area (Å²) >= 11 is 0. The van der Waals surface area contributed by atoms with Crippen LogP contribution in [0.3, 0.4) is 0 Å². The third-order valence-electron chi connectivity index (χ3n) is 4.78. The summed E-state index contributed by atoms with van der Waals surface area (Å²) in [6, 6.07) is 7.89. The molecule has 4 rings (SSSR count). The van der Waals surface area contributed by atoms with E-state index in [1.54, 1.807) is 18.2 Å². The number of amides is 2. The minimum absolute atomic E-state index is 0.290. The van der Waals surface area contributed by atoms with Gasteiger partial charge in [-0.1, -0.05) is 12.1 Å². The number of benzene rings is 1. The van der Waals surface area contributed by atoms with Gasteiger partial charge in [-0.15, -0.1) is 0 Å². The molecule has 160 valence electrons. The van der Waals surface area contributed by atoms with E-state index in [0.717, 1.165) is 25.0 Å². The number of rotatable bonds is 2. The molecule has 1 aromatic carbocycles. The van der Waals surface area contributed by atoms with Crippen LogP contribution in [0, 0.1) is 0 Å². The molecular formula is C21H19F3N6O. The summed E-state index contributed by atoms with van der Waals surface area (Å²) < 4.78 is 39.4. The number of carbonyl (C=O) groups is 1. The quantitative estimate of drug-likeness (QED) is 0.613. The molecule has 0 radical (unpaired) electrons. The molecule has 7 nitrogen and oxygen atoms in total. The minimum Gasteiger partial charge on any atom is -0.382 e. The molecule has 1 aliphatic heterocycles. The number of hydrogen-bond donors (Lipinski definition) is 2. The molecule has 0 unspecified atom stereocenters. The molecule has 2 aromatic heterocycles. The first kappa shape index (κ1) is 20.6. The SMILES string of the molecule is O=C(Nc1cnccn1)N1CCCCNc2ccc(-c3cccc(C(F)(F)F)c3)nc21. The summed E-state index contributed by atoms with van der Waals surface area (Å²) in [5.74, 6) is 0.633. The molecule has 10 heteroatoms. The highest BCUT2D eigenvalue weighted by Gasteiger charge is 2.30. The van der Waals surface area contributed by atoms with Crippen LogP contribution in [0.25, 0.3) is 11.3 Å². The lowest BCUT2D eigenvalue weighted by atomic mass is 10.1. The smallest absolute Gasteiger partial charge is 0.382 e. The second-order valence-corrected chi connectivity index (χ2v) is 6.95. The van der Waals surface area contributed by atoms with E-state index in [1.807, 2.05) is 0 Å². The zero-order valence-corrected chi connectivity index (χ0v) is 16.4. The Bertz CT molecular complexity index is 1070. The number of carbonyl (C=O) groups excluding carboxylic acids is 1. The lowest BCUT2D eigenvalue weighted by Gasteiger charge is -2.27. The number of nitrogens with zero attached hydrogens (tertiary/aromatic N) is 4. The van der Waals surface area contributed by atoms with Gasteiger partial charge >= 0.3 is 12.2 Å². The van der Waals surface area contributed by atoms with E-state index < -0.39 is 17.8 Å². The van der Waals surface area contributed by atoms with Crippen molar-refractivity contribution in [2.24, 2.45) is 0 Å². The Morgan fingerprint density at radius 2 is 2.00 bits per heavy atom. The van der Waals surface area contributed by atoms with Gasteiger partial charge in [-0.05, 0) is 37.1 Å². The van der Waals surface area contributed by atoms with Crippen LogP contribution in [-0.4, -0.2) is 34.1 Å². The van der Waals surface area contributed by atoms with Crippen LogP contribution in [0.4, 0.5) is 35.3 Å². The van der Waals surface area contributed by atoms with Crippen LogP contribution in [0.1, 0.15) is 18.4 Å². The first-order valence-corrected chi connectivity index (χ1v) is 9.69. The zero-order chi connectivity index (χ0) is 21.8. The van der Waals surface area contributed by atoms with Gasteiger partial charge in [-0.2, -0.15) is 13.2 Å². The van der Waals surface area contributed by atoms with Crippen molar-refractivity contribution in [1.29, 1.82) is 0 Å². The van der Waals surface area contributed by atoms with Crippen molar-refractivity contribution in [2.75, 3.05) is 28.6 Å². The van der Waals surface area contributed by atoms with Crippen molar-refractivity contribution >= 4 is 23.4 Å². The van der Waals surface area contributed by atoms with Crippen molar-refractivity contribution in [3.8, 4) is 11.3 Å². The molecule has 0 aliphatic carbocycles. The number of nitrogens with one attached hydrogen (secondary N) is 2. The maximum Gasteiger partial charge on any atom is 0.416 e. The fourth-order valence-corrected chi connectivity index (χ4v) is 3.27. The van der Waals surface area contributed by atoms with Gasteiger partial charge in [0, 0.05) is 31.0 Å². The van der Waals surface area contributed by atoms with Gasteiger partial charge in [-0.25, -0.2) is 14.8 Å². The standard InChI is InChI=1S/C21H19F3N6O/c22-21(23,24)15-5-3-4-14(12-15)16-6-7-17-19(28-16)30(11-2-1-8-26-17)20(31)29-18-13-25-9-10-27-18/h3-7,9-10,12-13,26H,1-2,8,11H2,(H,27,29,31). The van der Waals surface area contributed by atoms with Gasteiger partial charge < -0.3 is 5.32 Å². The number of anilines is 3. The predicted octanol–water partition coefficient (Wildman–Crippen LogP) is 4.80. The molecule has 0 bridgehead atoms. The second-order valence-electron chi connectivity index (χ2n) is 6.95. The number of fused-ring (bicyclic) bond motifs is 1. The van der Waals surface area contributed by atoms with Gasteiger partial charge in [0.15, 0.2) is 11.6 Å². The predicted molar refractivity (Wildman–Crippen MR) is 111 cm³/mol. The van der Waals surface area contributed by atoms with Crippen LogP contribution in [0.15, 0.2) is 55.0 Å². The zero-order valence-electron chi connectivity index (χ0n) is 16.4. The van der Waals surface area contributed by atoms with Gasteiger partial charge in [0.05, 0.1) is 23.1 Å². The minimum atomic E-state index is -4.45. The van der Waals surface area contributed by atoms with E-state index in [2.05, 4.69) is 25.6 Å².